The van der Waals surface area contributed by atoms with Gasteiger partial charge in [-0.25, -0.2) is 9.97 Å². The van der Waals surface area contributed by atoms with Crippen molar-refractivity contribution in [3.05, 3.63) is 47.0 Å². The molecule has 130 valence electrons. The molecule has 8 nitrogen and oxygen atoms in total. The van der Waals surface area contributed by atoms with Gasteiger partial charge in [0.25, 0.3) is 11.8 Å². The molecule has 1 aliphatic heterocycles. The highest BCUT2D eigenvalue weighted by molar-refractivity contribution is 5.95. The topological polar surface area (TPSA) is 108 Å². The maximum Gasteiger partial charge on any atom is 0.286 e. The van der Waals surface area contributed by atoms with Gasteiger partial charge in [0.15, 0.2) is 11.5 Å². The van der Waals surface area contributed by atoms with Crippen molar-refractivity contribution in [1.82, 2.24) is 14.9 Å². The quantitative estimate of drug-likeness (QED) is 0.880. The molecule has 0 fully saturated rings. The molecule has 1 aromatic carbocycles. The minimum absolute atomic E-state index is 0.0424. The summed E-state index contributed by atoms with van der Waals surface area (Å²) >= 11 is 0. The fourth-order valence-electron chi connectivity index (χ4n) is 2.75. The van der Waals surface area contributed by atoms with Crippen LogP contribution >= 0.6 is 0 Å². The molecule has 2 N–H and O–H groups in total. The van der Waals surface area contributed by atoms with Crippen molar-refractivity contribution in [1.29, 1.82) is 0 Å². The zero-order valence-corrected chi connectivity index (χ0v) is 14.0. The minimum Gasteiger partial charge on any atom is -0.493 e. The van der Waals surface area contributed by atoms with Crippen LogP contribution in [0.3, 0.4) is 0 Å². The van der Waals surface area contributed by atoms with Gasteiger partial charge >= 0.3 is 0 Å². The SMILES string of the molecule is COc1ccc(C(=O)N2CCc3cnc(C(N)=O)nc3C2)cc1OC. The molecule has 0 unspecified atom stereocenters. The molecule has 2 aromatic rings. The molecule has 0 aliphatic carbocycles. The van der Waals surface area contributed by atoms with Gasteiger partial charge in [-0.05, 0) is 30.2 Å². The van der Waals surface area contributed by atoms with E-state index in [1.807, 2.05) is 0 Å². The van der Waals surface area contributed by atoms with E-state index in [2.05, 4.69) is 9.97 Å². The van der Waals surface area contributed by atoms with E-state index in [0.29, 0.717) is 42.3 Å². The van der Waals surface area contributed by atoms with Gasteiger partial charge in [0.05, 0.1) is 26.5 Å². The number of rotatable bonds is 4. The molecule has 0 radical (unpaired) electrons. The number of hydrogen-bond acceptors (Lipinski definition) is 6. The molecule has 0 atom stereocenters. The van der Waals surface area contributed by atoms with Crippen LogP contribution in [-0.2, 0) is 13.0 Å². The third-order valence-electron chi connectivity index (χ3n) is 4.08. The molecule has 0 spiro atoms. The summed E-state index contributed by atoms with van der Waals surface area (Å²) in [5.41, 5.74) is 7.27. The van der Waals surface area contributed by atoms with Gasteiger partial charge in [0, 0.05) is 18.3 Å². The number of fused-ring (bicyclic) bond motifs is 1. The van der Waals surface area contributed by atoms with E-state index in [-0.39, 0.29) is 11.7 Å². The second-order valence-corrected chi connectivity index (χ2v) is 5.58. The van der Waals surface area contributed by atoms with Gasteiger partial charge in [0.2, 0.25) is 5.82 Å². The number of nitrogens with two attached hydrogens (primary N) is 1. The summed E-state index contributed by atoms with van der Waals surface area (Å²) in [6, 6.07) is 5.02. The predicted molar refractivity (Wildman–Crippen MR) is 88.5 cm³/mol. The molecule has 1 aromatic heterocycles. The van der Waals surface area contributed by atoms with Crippen LogP contribution < -0.4 is 15.2 Å². The third kappa shape index (κ3) is 3.23. The van der Waals surface area contributed by atoms with Gasteiger partial charge in [-0.2, -0.15) is 0 Å². The Bertz CT molecular complexity index is 837. The maximum atomic E-state index is 12.8. The predicted octanol–water partition coefficient (Wildman–Crippen LogP) is 0.791. The maximum absolute atomic E-state index is 12.8. The van der Waals surface area contributed by atoms with Crippen molar-refractivity contribution < 1.29 is 19.1 Å². The van der Waals surface area contributed by atoms with Gasteiger partial charge in [-0.1, -0.05) is 0 Å². The lowest BCUT2D eigenvalue weighted by Gasteiger charge is -2.28. The average Bonchev–Trinajstić information content (AvgIpc) is 2.65. The summed E-state index contributed by atoms with van der Waals surface area (Å²) in [7, 11) is 3.06. The molecule has 25 heavy (non-hydrogen) atoms. The smallest absolute Gasteiger partial charge is 0.286 e. The van der Waals surface area contributed by atoms with Crippen LogP contribution in [0.25, 0.3) is 0 Å². The van der Waals surface area contributed by atoms with E-state index in [1.165, 1.54) is 14.2 Å². The number of primary amides is 1. The van der Waals surface area contributed by atoms with Crippen LogP contribution in [-0.4, -0.2) is 47.4 Å². The number of carbonyl (C=O) groups excluding carboxylic acids is 2. The van der Waals surface area contributed by atoms with Gasteiger partial charge < -0.3 is 20.1 Å². The Labute approximate surface area is 144 Å². The van der Waals surface area contributed by atoms with E-state index in [0.717, 1.165) is 5.56 Å². The Balaban J connectivity index is 1.85. The van der Waals surface area contributed by atoms with Crippen molar-refractivity contribution in [3.8, 4) is 11.5 Å². The number of hydrogen-bond donors (Lipinski definition) is 1. The zero-order valence-electron chi connectivity index (χ0n) is 14.0. The second-order valence-electron chi connectivity index (χ2n) is 5.58. The molecule has 0 bridgehead atoms. The van der Waals surface area contributed by atoms with Crippen LogP contribution in [0.15, 0.2) is 24.4 Å². The number of benzene rings is 1. The molecule has 2 heterocycles. The second kappa shape index (κ2) is 6.76. The first-order valence-electron chi connectivity index (χ1n) is 7.69. The van der Waals surface area contributed by atoms with Crippen LogP contribution in [0.5, 0.6) is 11.5 Å². The Hall–Kier alpha value is -3.16. The lowest BCUT2D eigenvalue weighted by molar-refractivity contribution is 0.0731. The highest BCUT2D eigenvalue weighted by Crippen LogP contribution is 2.28. The molecular formula is C17H18N4O4. The van der Waals surface area contributed by atoms with Crippen molar-refractivity contribution in [2.75, 3.05) is 20.8 Å². The number of nitrogens with zero attached hydrogens (tertiary/aromatic N) is 3. The number of carbonyl (C=O) groups is 2. The monoisotopic (exact) mass is 342 g/mol. The van der Waals surface area contributed by atoms with Crippen LogP contribution in [0, 0.1) is 0 Å². The van der Waals surface area contributed by atoms with Crippen LogP contribution in [0.4, 0.5) is 0 Å². The Morgan fingerprint density at radius 3 is 2.64 bits per heavy atom. The van der Waals surface area contributed by atoms with E-state index in [9.17, 15) is 9.59 Å². The van der Waals surface area contributed by atoms with Crippen LogP contribution in [0.1, 0.15) is 32.2 Å². The summed E-state index contributed by atoms with van der Waals surface area (Å²) in [5.74, 6) is 0.169. The fourth-order valence-corrected chi connectivity index (χ4v) is 2.75. The molecule has 0 saturated carbocycles. The van der Waals surface area contributed by atoms with E-state index in [4.69, 9.17) is 15.2 Å². The normalized spacial score (nSPS) is 13.1. The first-order valence-corrected chi connectivity index (χ1v) is 7.69. The van der Waals surface area contributed by atoms with Crippen LogP contribution in [0.2, 0.25) is 0 Å². The largest absolute Gasteiger partial charge is 0.493 e. The Morgan fingerprint density at radius 1 is 1.20 bits per heavy atom. The van der Waals surface area contributed by atoms with Crippen molar-refractivity contribution >= 4 is 11.8 Å². The molecule has 2 amide bonds. The van der Waals surface area contributed by atoms with E-state index < -0.39 is 5.91 Å². The van der Waals surface area contributed by atoms with E-state index in [1.54, 1.807) is 29.3 Å². The summed E-state index contributed by atoms with van der Waals surface area (Å²) in [5, 5.41) is 0. The first kappa shape index (κ1) is 16.7. The first-order chi connectivity index (χ1) is 12.0. The molecular weight excluding hydrogens is 324 g/mol. The fraction of sp³-hybridized carbons (Fsp3) is 0.294. The Kier molecular flexibility index (Phi) is 4.51. The summed E-state index contributed by atoms with van der Waals surface area (Å²) in [6.45, 7) is 0.838. The lowest BCUT2D eigenvalue weighted by atomic mass is 10.1. The van der Waals surface area contributed by atoms with Gasteiger partial charge in [-0.3, -0.25) is 9.59 Å². The number of aromatic nitrogens is 2. The van der Waals surface area contributed by atoms with Crippen molar-refractivity contribution in [3.63, 3.8) is 0 Å². The molecule has 3 rings (SSSR count). The zero-order chi connectivity index (χ0) is 18.0. The number of amides is 2. The third-order valence-corrected chi connectivity index (χ3v) is 4.08. The molecule has 0 saturated heterocycles. The average molecular weight is 342 g/mol. The summed E-state index contributed by atoms with van der Waals surface area (Å²) in [4.78, 5) is 33.8. The number of methoxy groups -OCH3 is 2. The Morgan fingerprint density at radius 2 is 1.96 bits per heavy atom. The van der Waals surface area contributed by atoms with Gasteiger partial charge in [-0.15, -0.1) is 0 Å². The van der Waals surface area contributed by atoms with Gasteiger partial charge in [0.1, 0.15) is 0 Å². The van der Waals surface area contributed by atoms with E-state index >= 15 is 0 Å². The van der Waals surface area contributed by atoms with Crippen molar-refractivity contribution in [2.24, 2.45) is 5.73 Å². The highest BCUT2D eigenvalue weighted by atomic mass is 16.5. The summed E-state index contributed by atoms with van der Waals surface area (Å²) in [6.07, 6.45) is 2.22. The van der Waals surface area contributed by atoms with Crippen molar-refractivity contribution in [2.45, 2.75) is 13.0 Å². The summed E-state index contributed by atoms with van der Waals surface area (Å²) < 4.78 is 10.4. The highest BCUT2D eigenvalue weighted by Gasteiger charge is 2.24. The minimum atomic E-state index is -0.689. The standard InChI is InChI=1S/C17H18N4O4/c1-24-13-4-3-10(7-14(13)25-2)17(23)21-6-5-11-8-19-16(15(18)22)20-12(11)9-21/h3-4,7-8H,5-6,9H2,1-2H3,(H2,18,22). The number of ether oxygens (including phenoxy) is 2. The molecule has 1 aliphatic rings. The lowest BCUT2D eigenvalue weighted by Crippen LogP contribution is -2.37. The molecule has 8 heteroatoms.